The van der Waals surface area contributed by atoms with Crippen LogP contribution in [0.15, 0.2) is 42.7 Å². The molecule has 1 aromatic heterocycles. The van der Waals surface area contributed by atoms with Gasteiger partial charge in [-0.1, -0.05) is 0 Å². The third kappa shape index (κ3) is 4.00. The van der Waals surface area contributed by atoms with E-state index < -0.39 is 6.04 Å². The molecule has 1 N–H and O–H groups in total. The minimum atomic E-state index is -0.633. The molecule has 0 saturated carbocycles. The zero-order valence-corrected chi connectivity index (χ0v) is 16.0. The molecule has 1 aliphatic heterocycles. The van der Waals surface area contributed by atoms with Gasteiger partial charge in [-0.25, -0.2) is 0 Å². The third-order valence-corrected chi connectivity index (χ3v) is 4.65. The first-order valence-electron chi connectivity index (χ1n) is 8.88. The zero-order chi connectivity index (χ0) is 20.1. The van der Waals surface area contributed by atoms with E-state index in [0.29, 0.717) is 29.2 Å². The fraction of sp³-hybridized carbons (Fsp3) is 0.350. The van der Waals surface area contributed by atoms with Crippen LogP contribution < -0.4 is 19.5 Å². The van der Waals surface area contributed by atoms with Crippen molar-refractivity contribution < 1.29 is 23.8 Å². The number of methoxy groups -OCH3 is 2. The van der Waals surface area contributed by atoms with E-state index in [-0.39, 0.29) is 24.5 Å². The second-order valence-electron chi connectivity index (χ2n) is 6.32. The summed E-state index contributed by atoms with van der Waals surface area (Å²) in [5.74, 6) is 1.02. The topological polar surface area (TPSA) is 90.0 Å². The van der Waals surface area contributed by atoms with Crippen LogP contribution >= 0.6 is 0 Å². The Kier molecular flexibility index (Phi) is 5.98. The molecule has 8 nitrogen and oxygen atoms in total. The molecule has 2 atom stereocenters. The molecule has 3 rings (SSSR count). The van der Waals surface area contributed by atoms with Gasteiger partial charge in [0.1, 0.15) is 29.4 Å². The van der Waals surface area contributed by atoms with Crippen molar-refractivity contribution >= 4 is 11.8 Å². The Hall–Kier alpha value is -3.29. The second kappa shape index (κ2) is 8.60. The molecule has 1 saturated heterocycles. The number of amides is 2. The molecule has 1 aromatic carbocycles. The van der Waals surface area contributed by atoms with Gasteiger partial charge in [0, 0.05) is 25.7 Å². The lowest BCUT2D eigenvalue weighted by Gasteiger charge is -2.24. The summed E-state index contributed by atoms with van der Waals surface area (Å²) >= 11 is 0. The van der Waals surface area contributed by atoms with Crippen LogP contribution in [0.25, 0.3) is 0 Å². The van der Waals surface area contributed by atoms with Crippen molar-refractivity contribution in [2.45, 2.75) is 18.6 Å². The number of likely N-dealkylation sites (N-methyl/N-ethyl adjacent to an activating group) is 1. The summed E-state index contributed by atoms with van der Waals surface area (Å²) in [5, 5.41) is 2.62. The maximum absolute atomic E-state index is 13.2. The van der Waals surface area contributed by atoms with Crippen LogP contribution in [0.4, 0.5) is 0 Å². The lowest BCUT2D eigenvalue weighted by atomic mass is 10.1. The van der Waals surface area contributed by atoms with Crippen molar-refractivity contribution in [2.75, 3.05) is 27.8 Å². The van der Waals surface area contributed by atoms with Crippen LogP contribution in [0.5, 0.6) is 17.2 Å². The van der Waals surface area contributed by atoms with E-state index in [1.165, 1.54) is 12.0 Å². The highest BCUT2D eigenvalue weighted by atomic mass is 16.5. The number of hydrogen-bond donors (Lipinski definition) is 1. The van der Waals surface area contributed by atoms with Crippen LogP contribution in [0.3, 0.4) is 0 Å². The second-order valence-corrected chi connectivity index (χ2v) is 6.32. The van der Waals surface area contributed by atoms with E-state index in [9.17, 15) is 9.59 Å². The molecule has 2 heterocycles. The number of benzene rings is 1. The Morgan fingerprint density at radius 2 is 2.00 bits per heavy atom. The standard InChI is InChI=1S/C20H23N3O5/c1-21-19(24)17-9-15(28-14-5-4-8-22-11-14)12-23(17)20(25)16-7-6-13(26-2)10-18(16)27-3/h4-8,10-11,15,17H,9,12H2,1-3H3,(H,21,24)/t15-,17-/m0/s1. The van der Waals surface area contributed by atoms with Crippen molar-refractivity contribution in [1.82, 2.24) is 15.2 Å². The molecular formula is C20H23N3O5. The highest BCUT2D eigenvalue weighted by molar-refractivity contribution is 6.00. The number of likely N-dealkylation sites (tertiary alicyclic amines) is 1. The summed E-state index contributed by atoms with van der Waals surface area (Å²) < 4.78 is 16.4. The number of nitrogens with zero attached hydrogens (tertiary/aromatic N) is 2. The number of aromatic nitrogens is 1. The summed E-state index contributed by atoms with van der Waals surface area (Å²) in [5.41, 5.74) is 0.360. The molecule has 0 bridgehead atoms. The molecular weight excluding hydrogens is 362 g/mol. The molecule has 0 radical (unpaired) electrons. The van der Waals surface area contributed by atoms with Crippen molar-refractivity contribution in [3.05, 3.63) is 48.3 Å². The first kappa shape index (κ1) is 19.5. The highest BCUT2D eigenvalue weighted by Gasteiger charge is 2.41. The van der Waals surface area contributed by atoms with Crippen molar-refractivity contribution in [1.29, 1.82) is 0 Å². The van der Waals surface area contributed by atoms with Gasteiger partial charge in [0.2, 0.25) is 5.91 Å². The van der Waals surface area contributed by atoms with E-state index >= 15 is 0 Å². The van der Waals surface area contributed by atoms with Gasteiger partial charge in [-0.05, 0) is 24.3 Å². The Morgan fingerprint density at radius 1 is 1.18 bits per heavy atom. The Balaban J connectivity index is 1.85. The van der Waals surface area contributed by atoms with Gasteiger partial charge < -0.3 is 24.4 Å². The molecule has 8 heteroatoms. The van der Waals surface area contributed by atoms with Crippen molar-refractivity contribution in [3.8, 4) is 17.2 Å². The number of pyridine rings is 1. The molecule has 1 fully saturated rings. The van der Waals surface area contributed by atoms with Crippen LogP contribution in [0.2, 0.25) is 0 Å². The Labute approximate surface area is 163 Å². The summed E-state index contributed by atoms with van der Waals surface area (Å²) in [7, 11) is 4.58. The van der Waals surface area contributed by atoms with Gasteiger partial charge >= 0.3 is 0 Å². The van der Waals surface area contributed by atoms with Gasteiger partial charge in [0.25, 0.3) is 5.91 Å². The van der Waals surface area contributed by atoms with Crippen LogP contribution in [0, 0.1) is 0 Å². The first-order chi connectivity index (χ1) is 13.6. The SMILES string of the molecule is CNC(=O)[C@@H]1C[C@H](Oc2cccnc2)CN1C(=O)c1ccc(OC)cc1OC. The van der Waals surface area contributed by atoms with E-state index in [1.807, 2.05) is 0 Å². The number of ether oxygens (including phenoxy) is 3. The average molecular weight is 385 g/mol. The maximum atomic E-state index is 13.2. The number of nitrogens with one attached hydrogen (secondary N) is 1. The molecule has 1 aliphatic rings. The molecule has 0 unspecified atom stereocenters. The van der Waals surface area contributed by atoms with Gasteiger partial charge in [0.15, 0.2) is 0 Å². The van der Waals surface area contributed by atoms with Crippen LogP contribution in [-0.2, 0) is 4.79 Å². The summed E-state index contributed by atoms with van der Waals surface area (Å²) in [6.45, 7) is 0.279. The average Bonchev–Trinajstić information content (AvgIpc) is 3.16. The molecule has 28 heavy (non-hydrogen) atoms. The fourth-order valence-corrected chi connectivity index (χ4v) is 3.26. The van der Waals surface area contributed by atoms with E-state index in [1.54, 1.807) is 56.9 Å². The smallest absolute Gasteiger partial charge is 0.258 e. The number of hydrogen-bond acceptors (Lipinski definition) is 6. The minimum absolute atomic E-state index is 0.238. The van der Waals surface area contributed by atoms with Gasteiger partial charge in [-0.15, -0.1) is 0 Å². The van der Waals surface area contributed by atoms with Crippen molar-refractivity contribution in [2.24, 2.45) is 0 Å². The monoisotopic (exact) mass is 385 g/mol. The highest BCUT2D eigenvalue weighted by Crippen LogP contribution is 2.30. The molecule has 148 valence electrons. The van der Waals surface area contributed by atoms with Crippen molar-refractivity contribution in [3.63, 3.8) is 0 Å². The summed E-state index contributed by atoms with van der Waals surface area (Å²) in [6, 6.07) is 7.89. The van der Waals surface area contributed by atoms with Gasteiger partial charge in [-0.2, -0.15) is 0 Å². The zero-order valence-electron chi connectivity index (χ0n) is 16.0. The minimum Gasteiger partial charge on any atom is -0.497 e. The summed E-state index contributed by atoms with van der Waals surface area (Å²) in [6.07, 6.45) is 3.32. The predicted molar refractivity (Wildman–Crippen MR) is 102 cm³/mol. The third-order valence-electron chi connectivity index (χ3n) is 4.65. The fourth-order valence-electron chi connectivity index (χ4n) is 3.26. The number of rotatable bonds is 6. The molecule has 0 aliphatic carbocycles. The Bertz CT molecular complexity index is 843. The Morgan fingerprint density at radius 3 is 2.64 bits per heavy atom. The summed E-state index contributed by atoms with van der Waals surface area (Å²) in [4.78, 5) is 31.1. The van der Waals surface area contributed by atoms with Crippen LogP contribution in [0.1, 0.15) is 16.8 Å². The maximum Gasteiger partial charge on any atom is 0.258 e. The molecule has 2 amide bonds. The molecule has 0 spiro atoms. The van der Waals surface area contributed by atoms with Gasteiger partial charge in [-0.3, -0.25) is 14.6 Å². The number of carbonyl (C=O) groups excluding carboxylic acids is 2. The first-order valence-corrected chi connectivity index (χ1v) is 8.88. The van der Waals surface area contributed by atoms with Crippen LogP contribution in [-0.4, -0.2) is 61.7 Å². The molecule has 2 aromatic rings. The van der Waals surface area contributed by atoms with E-state index in [4.69, 9.17) is 14.2 Å². The van der Waals surface area contributed by atoms with Gasteiger partial charge in [0.05, 0.1) is 32.5 Å². The largest absolute Gasteiger partial charge is 0.497 e. The normalized spacial score (nSPS) is 18.5. The van der Waals surface area contributed by atoms with E-state index in [2.05, 4.69) is 10.3 Å². The number of carbonyl (C=O) groups is 2. The predicted octanol–water partition coefficient (Wildman–Crippen LogP) is 1.51. The lowest BCUT2D eigenvalue weighted by molar-refractivity contribution is -0.124. The quantitative estimate of drug-likeness (QED) is 0.811. The van der Waals surface area contributed by atoms with E-state index in [0.717, 1.165) is 0 Å². The lowest BCUT2D eigenvalue weighted by Crippen LogP contribution is -2.45.